The van der Waals surface area contributed by atoms with Crippen molar-refractivity contribution >= 4 is 23.3 Å². The van der Waals surface area contributed by atoms with Gasteiger partial charge in [-0.25, -0.2) is 9.59 Å². The largest absolute Gasteiger partial charge is 0.442 e. The Balaban J connectivity index is 2.37. The monoisotopic (exact) mass is 338 g/mol. The molecule has 0 aliphatic rings. The van der Waals surface area contributed by atoms with Crippen LogP contribution >= 0.6 is 11.6 Å². The first-order valence-electron chi connectivity index (χ1n) is 6.98. The molecule has 124 valence electrons. The fraction of sp³-hybridized carbons (Fsp3) is 0.400. The molecule has 0 fully saturated rings. The van der Waals surface area contributed by atoms with E-state index in [4.69, 9.17) is 16.0 Å². The van der Waals surface area contributed by atoms with Crippen molar-refractivity contribution in [1.82, 2.24) is 14.7 Å². The normalized spacial score (nSPS) is 11.4. The molecule has 0 aliphatic heterocycles. The minimum Gasteiger partial charge on any atom is -0.391 e. The molecule has 0 saturated heterocycles. The summed E-state index contributed by atoms with van der Waals surface area (Å²) in [5.41, 5.74) is 0.514. The van der Waals surface area contributed by atoms with Gasteiger partial charge in [0, 0.05) is 25.2 Å². The first-order valence-corrected chi connectivity index (χ1v) is 7.36. The summed E-state index contributed by atoms with van der Waals surface area (Å²) in [5.74, 6) is -0.287. The molecule has 0 saturated carbocycles. The summed E-state index contributed by atoms with van der Waals surface area (Å²) in [4.78, 5) is 25.0. The Kier molecular flexibility index (Phi) is 4.51. The first-order chi connectivity index (χ1) is 10.6. The molecule has 2 aromatic rings. The van der Waals surface area contributed by atoms with Gasteiger partial charge in [0.15, 0.2) is 0 Å². The van der Waals surface area contributed by atoms with Crippen molar-refractivity contribution in [3.63, 3.8) is 0 Å². The topological polar surface area (TPSA) is 80.4 Å². The molecule has 23 heavy (non-hydrogen) atoms. The highest BCUT2D eigenvalue weighted by Crippen LogP contribution is 2.25. The molecule has 2 rings (SSSR count). The van der Waals surface area contributed by atoms with E-state index in [2.05, 4.69) is 10.4 Å². The predicted molar refractivity (Wildman–Crippen MR) is 88.5 cm³/mol. The summed E-state index contributed by atoms with van der Waals surface area (Å²) in [5, 5.41) is 7.14. The van der Waals surface area contributed by atoms with Gasteiger partial charge < -0.3 is 14.6 Å². The highest BCUT2D eigenvalue weighted by atomic mass is 35.5. The number of hydrogen-bond donors (Lipinski definition) is 1. The summed E-state index contributed by atoms with van der Waals surface area (Å²) in [6.07, 6.45) is 0. The number of nitrogens with zero attached hydrogens (tertiary/aromatic N) is 3. The van der Waals surface area contributed by atoms with E-state index in [1.807, 2.05) is 20.8 Å². The van der Waals surface area contributed by atoms with Gasteiger partial charge in [-0.2, -0.15) is 4.68 Å². The zero-order valence-electron chi connectivity index (χ0n) is 13.7. The van der Waals surface area contributed by atoms with Crippen molar-refractivity contribution in [2.45, 2.75) is 26.2 Å². The molecule has 0 radical (unpaired) electrons. The standard InChI is InChI=1S/C15H19ClN4O3/c1-15(2,3)12-18-20(14(22)23-12)11-7-6-9(8-10(11)16)17-13(21)19(4)5/h6-8H,1-5H3,(H,17,21). The molecule has 1 aromatic carbocycles. The number of benzene rings is 1. The summed E-state index contributed by atoms with van der Waals surface area (Å²) < 4.78 is 6.29. The number of urea groups is 1. The van der Waals surface area contributed by atoms with Crippen LogP contribution in [0.4, 0.5) is 10.5 Å². The maximum absolute atomic E-state index is 12.0. The van der Waals surface area contributed by atoms with E-state index in [1.165, 1.54) is 4.90 Å². The number of nitrogens with one attached hydrogen (secondary N) is 1. The number of carbonyl (C=O) groups excluding carboxylic acids is 1. The maximum atomic E-state index is 12.0. The van der Waals surface area contributed by atoms with E-state index in [-0.39, 0.29) is 11.1 Å². The van der Waals surface area contributed by atoms with Crippen LogP contribution in [0.25, 0.3) is 5.69 Å². The van der Waals surface area contributed by atoms with Crippen molar-refractivity contribution in [2.75, 3.05) is 19.4 Å². The SMILES string of the molecule is CN(C)C(=O)Nc1ccc(-n2nc(C(C)(C)C)oc2=O)c(Cl)c1. The van der Waals surface area contributed by atoms with E-state index < -0.39 is 11.2 Å². The smallest absolute Gasteiger partial charge is 0.391 e. The van der Waals surface area contributed by atoms with Crippen LogP contribution in [-0.4, -0.2) is 34.8 Å². The van der Waals surface area contributed by atoms with E-state index >= 15 is 0 Å². The van der Waals surface area contributed by atoms with Gasteiger partial charge in [-0.05, 0) is 18.2 Å². The Bertz CT molecular complexity index is 787. The Morgan fingerprint density at radius 1 is 1.35 bits per heavy atom. The van der Waals surface area contributed by atoms with Crippen molar-refractivity contribution in [1.29, 1.82) is 0 Å². The first kappa shape index (κ1) is 17.1. The van der Waals surface area contributed by atoms with Gasteiger partial charge in [0.1, 0.15) is 0 Å². The third kappa shape index (κ3) is 3.73. The second-order valence-corrected chi connectivity index (χ2v) is 6.73. The van der Waals surface area contributed by atoms with E-state index in [9.17, 15) is 9.59 Å². The summed E-state index contributed by atoms with van der Waals surface area (Å²) >= 11 is 6.22. The summed E-state index contributed by atoms with van der Waals surface area (Å²) in [6.45, 7) is 5.68. The highest BCUT2D eigenvalue weighted by molar-refractivity contribution is 6.32. The Labute approximate surface area is 138 Å². The predicted octanol–water partition coefficient (Wildman–Crippen LogP) is 2.87. The molecular weight excluding hydrogens is 320 g/mol. The Morgan fingerprint density at radius 3 is 2.48 bits per heavy atom. The minimum absolute atomic E-state index is 0.275. The zero-order valence-corrected chi connectivity index (χ0v) is 14.4. The van der Waals surface area contributed by atoms with Crippen LogP contribution in [0.2, 0.25) is 5.02 Å². The van der Waals surface area contributed by atoms with Gasteiger partial charge in [0.2, 0.25) is 5.89 Å². The second-order valence-electron chi connectivity index (χ2n) is 6.33. The fourth-order valence-electron chi connectivity index (χ4n) is 1.73. The van der Waals surface area contributed by atoms with Crippen LogP contribution < -0.4 is 11.1 Å². The van der Waals surface area contributed by atoms with Crippen molar-refractivity contribution in [3.05, 3.63) is 39.7 Å². The van der Waals surface area contributed by atoms with Gasteiger partial charge >= 0.3 is 11.8 Å². The Morgan fingerprint density at radius 2 is 2.00 bits per heavy atom. The number of carbonyl (C=O) groups is 1. The van der Waals surface area contributed by atoms with Gasteiger partial charge in [-0.1, -0.05) is 32.4 Å². The average molecular weight is 339 g/mol. The van der Waals surface area contributed by atoms with Crippen LogP contribution in [-0.2, 0) is 5.41 Å². The molecule has 1 N–H and O–H groups in total. The number of rotatable bonds is 2. The molecular formula is C15H19ClN4O3. The number of aromatic nitrogens is 2. The molecule has 0 atom stereocenters. The molecule has 7 nitrogen and oxygen atoms in total. The van der Waals surface area contributed by atoms with Gasteiger partial charge in [0.25, 0.3) is 0 Å². The summed E-state index contributed by atoms with van der Waals surface area (Å²) in [7, 11) is 3.27. The lowest BCUT2D eigenvalue weighted by Crippen LogP contribution is -2.27. The number of amides is 2. The number of anilines is 1. The van der Waals surface area contributed by atoms with Crippen LogP contribution in [0, 0.1) is 0 Å². The van der Waals surface area contributed by atoms with Crippen molar-refractivity contribution < 1.29 is 9.21 Å². The van der Waals surface area contributed by atoms with Gasteiger partial charge in [0.05, 0.1) is 10.7 Å². The molecule has 0 aliphatic carbocycles. The lowest BCUT2D eigenvalue weighted by molar-refractivity contribution is 0.230. The highest BCUT2D eigenvalue weighted by Gasteiger charge is 2.23. The quantitative estimate of drug-likeness (QED) is 0.913. The van der Waals surface area contributed by atoms with E-state index in [0.717, 1.165) is 4.68 Å². The van der Waals surface area contributed by atoms with Crippen LogP contribution in [0.3, 0.4) is 0 Å². The van der Waals surface area contributed by atoms with E-state index in [0.29, 0.717) is 17.3 Å². The third-order valence-corrected chi connectivity index (χ3v) is 3.33. The van der Waals surface area contributed by atoms with Crippen LogP contribution in [0.5, 0.6) is 0 Å². The molecule has 1 heterocycles. The average Bonchev–Trinajstić information content (AvgIpc) is 2.81. The number of hydrogen-bond acceptors (Lipinski definition) is 4. The van der Waals surface area contributed by atoms with Crippen molar-refractivity contribution in [3.8, 4) is 5.69 Å². The zero-order chi connectivity index (χ0) is 17.4. The summed E-state index contributed by atoms with van der Waals surface area (Å²) in [6, 6.07) is 4.52. The van der Waals surface area contributed by atoms with Crippen molar-refractivity contribution in [2.24, 2.45) is 0 Å². The minimum atomic E-state index is -0.609. The third-order valence-electron chi connectivity index (χ3n) is 3.02. The maximum Gasteiger partial charge on any atom is 0.442 e. The van der Waals surface area contributed by atoms with Gasteiger partial charge in [-0.15, -0.1) is 5.10 Å². The van der Waals surface area contributed by atoms with Crippen LogP contribution in [0.15, 0.2) is 27.4 Å². The van der Waals surface area contributed by atoms with E-state index in [1.54, 1.807) is 32.3 Å². The second kappa shape index (κ2) is 6.08. The molecule has 1 aromatic heterocycles. The molecule has 0 spiro atoms. The molecule has 2 amide bonds. The molecule has 0 bridgehead atoms. The number of halogens is 1. The lowest BCUT2D eigenvalue weighted by Gasteiger charge is -2.13. The molecule has 8 heteroatoms. The Hall–Kier alpha value is -2.28. The van der Waals surface area contributed by atoms with Crippen LogP contribution in [0.1, 0.15) is 26.7 Å². The lowest BCUT2D eigenvalue weighted by atomic mass is 9.97. The fourth-order valence-corrected chi connectivity index (χ4v) is 1.99. The molecule has 0 unspecified atom stereocenters. The van der Waals surface area contributed by atoms with Gasteiger partial charge in [-0.3, -0.25) is 0 Å².